The Morgan fingerprint density at radius 2 is 1.81 bits per heavy atom. The lowest BCUT2D eigenvalue weighted by Crippen LogP contribution is -2.28. The molecule has 1 aromatic heterocycles. The van der Waals surface area contributed by atoms with Gasteiger partial charge in [0.25, 0.3) is 5.95 Å². The third-order valence-electron chi connectivity index (χ3n) is 6.23. The molecule has 2 atom stereocenters. The number of amides is 1. The zero-order valence-electron chi connectivity index (χ0n) is 19.9. The van der Waals surface area contributed by atoms with E-state index in [-0.39, 0.29) is 30.4 Å². The molecule has 184 valence electrons. The average molecular weight is 504 g/mol. The largest absolute Gasteiger partial charge is 0.497 e. The van der Waals surface area contributed by atoms with Crippen LogP contribution in [0.1, 0.15) is 35.2 Å². The molecule has 36 heavy (non-hydrogen) atoms. The minimum Gasteiger partial charge on any atom is -0.497 e. The molecule has 0 radical (unpaired) electrons. The first-order valence-electron chi connectivity index (χ1n) is 11.6. The highest BCUT2D eigenvalue weighted by atomic mass is 35.5. The van der Waals surface area contributed by atoms with Crippen LogP contribution in [0, 0.1) is 0 Å². The summed E-state index contributed by atoms with van der Waals surface area (Å²) >= 11 is 6.11. The van der Waals surface area contributed by atoms with Crippen LogP contribution in [-0.2, 0) is 11.2 Å². The summed E-state index contributed by atoms with van der Waals surface area (Å²) < 4.78 is 12.6. The summed E-state index contributed by atoms with van der Waals surface area (Å²) in [6.07, 6.45) is 0.905. The highest BCUT2D eigenvalue weighted by Gasteiger charge is 2.33. The zero-order valence-corrected chi connectivity index (χ0v) is 20.7. The molecular weight excluding hydrogens is 478 g/mol. The number of anilines is 2. The Morgan fingerprint density at radius 1 is 1.06 bits per heavy atom. The van der Waals surface area contributed by atoms with E-state index in [1.165, 1.54) is 0 Å². The lowest BCUT2D eigenvalue weighted by Gasteiger charge is -2.32. The van der Waals surface area contributed by atoms with Crippen molar-refractivity contribution in [2.24, 2.45) is 0 Å². The van der Waals surface area contributed by atoms with Crippen molar-refractivity contribution >= 4 is 29.4 Å². The van der Waals surface area contributed by atoms with Gasteiger partial charge in [0.15, 0.2) is 0 Å². The molecule has 1 aliphatic heterocycles. The van der Waals surface area contributed by atoms with Gasteiger partial charge in [-0.25, -0.2) is 4.68 Å². The minimum atomic E-state index is -0.203. The molecular formula is C27H26ClN5O3. The summed E-state index contributed by atoms with van der Waals surface area (Å²) in [6, 6.07) is 22.8. The average Bonchev–Trinajstić information content (AvgIpc) is 3.31. The molecule has 2 N–H and O–H groups in total. The third kappa shape index (κ3) is 4.99. The SMILES string of the molecule is COc1ccc(CC(=O)Nc2nc3n(n2)[C@H](c2ccccc2OC)C[C@@H](c2ccc(Cl)cc2)N3)cc1. The van der Waals surface area contributed by atoms with Crippen molar-refractivity contribution in [3.8, 4) is 11.5 Å². The summed E-state index contributed by atoms with van der Waals surface area (Å²) in [5, 5.41) is 11.6. The molecule has 8 nitrogen and oxygen atoms in total. The van der Waals surface area contributed by atoms with E-state index >= 15 is 0 Å². The Hall–Kier alpha value is -4.04. The molecule has 0 unspecified atom stereocenters. The molecule has 0 saturated heterocycles. The zero-order chi connectivity index (χ0) is 25.1. The predicted molar refractivity (Wildman–Crippen MR) is 139 cm³/mol. The normalized spacial score (nSPS) is 16.5. The number of aromatic nitrogens is 3. The van der Waals surface area contributed by atoms with Gasteiger partial charge in [0.1, 0.15) is 11.5 Å². The molecule has 1 aliphatic rings. The third-order valence-corrected chi connectivity index (χ3v) is 6.49. The van der Waals surface area contributed by atoms with Crippen LogP contribution in [0.15, 0.2) is 72.8 Å². The minimum absolute atomic E-state index is 0.0308. The fourth-order valence-electron chi connectivity index (χ4n) is 4.44. The van der Waals surface area contributed by atoms with Crippen molar-refractivity contribution in [1.82, 2.24) is 14.8 Å². The summed E-state index contributed by atoms with van der Waals surface area (Å²) in [7, 11) is 3.27. The fourth-order valence-corrected chi connectivity index (χ4v) is 4.57. The molecule has 5 rings (SSSR count). The van der Waals surface area contributed by atoms with Crippen molar-refractivity contribution < 1.29 is 14.3 Å². The smallest absolute Gasteiger partial charge is 0.250 e. The molecule has 2 heterocycles. The molecule has 9 heteroatoms. The number of rotatable bonds is 7. The topological polar surface area (TPSA) is 90.3 Å². The molecule has 0 bridgehead atoms. The van der Waals surface area contributed by atoms with Gasteiger partial charge in [0.2, 0.25) is 11.9 Å². The number of methoxy groups -OCH3 is 2. The lowest BCUT2D eigenvalue weighted by molar-refractivity contribution is -0.115. The van der Waals surface area contributed by atoms with Gasteiger partial charge in [-0.3, -0.25) is 10.1 Å². The van der Waals surface area contributed by atoms with Crippen LogP contribution in [0.2, 0.25) is 5.02 Å². The van der Waals surface area contributed by atoms with Crippen molar-refractivity contribution in [2.45, 2.75) is 24.9 Å². The second kappa shape index (κ2) is 10.3. The number of fused-ring (bicyclic) bond motifs is 1. The van der Waals surface area contributed by atoms with Crippen LogP contribution in [0.25, 0.3) is 0 Å². The number of nitrogens with one attached hydrogen (secondary N) is 2. The van der Waals surface area contributed by atoms with E-state index < -0.39 is 0 Å². The molecule has 3 aromatic carbocycles. The lowest BCUT2D eigenvalue weighted by atomic mass is 9.93. The molecule has 0 saturated carbocycles. The van der Waals surface area contributed by atoms with Crippen LogP contribution in [0.4, 0.5) is 11.9 Å². The van der Waals surface area contributed by atoms with Gasteiger partial charge >= 0.3 is 0 Å². The van der Waals surface area contributed by atoms with E-state index in [1.54, 1.807) is 14.2 Å². The molecule has 0 fully saturated rings. The second-order valence-corrected chi connectivity index (χ2v) is 8.95. The standard InChI is InChI=1S/C27H26ClN5O3/c1-35-20-13-7-17(8-14-20)15-25(34)30-26-31-27-29-22(18-9-11-19(28)12-10-18)16-23(33(27)32-26)21-5-3-4-6-24(21)36-2/h3-14,22-23H,15-16H2,1-2H3,(H2,29,30,31,32,34)/t22-,23-/m0/s1. The van der Waals surface area contributed by atoms with Crippen LogP contribution in [-0.4, -0.2) is 34.9 Å². The number of hydrogen-bond donors (Lipinski definition) is 2. The molecule has 1 amide bonds. The number of para-hydroxylation sites is 1. The van der Waals surface area contributed by atoms with Gasteiger partial charge < -0.3 is 14.8 Å². The number of carbonyl (C=O) groups excluding carboxylic acids is 1. The van der Waals surface area contributed by atoms with Crippen LogP contribution >= 0.6 is 11.6 Å². The van der Waals surface area contributed by atoms with E-state index in [0.717, 1.165) is 28.2 Å². The van der Waals surface area contributed by atoms with Gasteiger partial charge in [-0.1, -0.05) is 54.1 Å². The van der Waals surface area contributed by atoms with E-state index in [2.05, 4.69) is 20.7 Å². The van der Waals surface area contributed by atoms with Gasteiger partial charge in [-0.2, -0.15) is 4.98 Å². The van der Waals surface area contributed by atoms with Gasteiger partial charge in [-0.05, 0) is 47.9 Å². The second-order valence-electron chi connectivity index (χ2n) is 8.52. The first kappa shape index (κ1) is 23.7. The maximum Gasteiger partial charge on any atom is 0.250 e. The van der Waals surface area contributed by atoms with Crippen LogP contribution in [0.3, 0.4) is 0 Å². The number of carbonyl (C=O) groups is 1. The summed E-state index contributed by atoms with van der Waals surface area (Å²) in [4.78, 5) is 17.3. The molecule has 4 aromatic rings. The highest BCUT2D eigenvalue weighted by molar-refractivity contribution is 6.30. The van der Waals surface area contributed by atoms with Crippen LogP contribution < -0.4 is 20.1 Å². The number of ether oxygens (including phenoxy) is 2. The Morgan fingerprint density at radius 3 is 2.53 bits per heavy atom. The van der Waals surface area contributed by atoms with E-state index in [4.69, 9.17) is 21.1 Å². The Balaban J connectivity index is 1.43. The first-order valence-corrected chi connectivity index (χ1v) is 12.0. The molecule has 0 aliphatic carbocycles. The predicted octanol–water partition coefficient (Wildman–Crippen LogP) is 5.28. The molecule has 0 spiro atoms. The Kier molecular flexibility index (Phi) is 6.77. The number of nitrogens with zero attached hydrogens (tertiary/aromatic N) is 3. The summed E-state index contributed by atoms with van der Waals surface area (Å²) in [6.45, 7) is 0. The van der Waals surface area contributed by atoms with Gasteiger partial charge in [0, 0.05) is 10.6 Å². The number of halogens is 1. The van der Waals surface area contributed by atoms with Gasteiger partial charge in [-0.15, -0.1) is 5.10 Å². The fraction of sp³-hybridized carbons (Fsp3) is 0.222. The number of hydrogen-bond acceptors (Lipinski definition) is 6. The quantitative estimate of drug-likeness (QED) is 0.357. The Labute approximate surface area is 214 Å². The van der Waals surface area contributed by atoms with E-state index in [1.807, 2.05) is 77.5 Å². The van der Waals surface area contributed by atoms with Crippen molar-refractivity contribution in [3.63, 3.8) is 0 Å². The highest BCUT2D eigenvalue weighted by Crippen LogP contribution is 2.41. The Bertz CT molecular complexity index is 1350. The van der Waals surface area contributed by atoms with Crippen LogP contribution in [0.5, 0.6) is 11.5 Å². The van der Waals surface area contributed by atoms with Crippen molar-refractivity contribution in [3.05, 3.63) is 94.5 Å². The summed E-state index contributed by atoms with van der Waals surface area (Å²) in [5.41, 5.74) is 2.94. The maximum absolute atomic E-state index is 12.7. The number of benzene rings is 3. The van der Waals surface area contributed by atoms with E-state index in [9.17, 15) is 4.79 Å². The summed E-state index contributed by atoms with van der Waals surface area (Å²) in [5.74, 6) is 2.12. The van der Waals surface area contributed by atoms with E-state index in [0.29, 0.717) is 17.4 Å². The van der Waals surface area contributed by atoms with Crippen molar-refractivity contribution in [1.29, 1.82) is 0 Å². The monoisotopic (exact) mass is 503 g/mol. The maximum atomic E-state index is 12.7. The van der Waals surface area contributed by atoms with Gasteiger partial charge in [0.05, 0.1) is 32.7 Å². The van der Waals surface area contributed by atoms with Crippen molar-refractivity contribution in [2.75, 3.05) is 24.9 Å². The first-order chi connectivity index (χ1) is 17.5.